The summed E-state index contributed by atoms with van der Waals surface area (Å²) in [7, 11) is 0. The summed E-state index contributed by atoms with van der Waals surface area (Å²) in [6.45, 7) is 3.18. The standard InChI is InChI=1S/C12H18Cl2N4/c1-7-3-2-4-8(7)6-16-11-9(13)5-10(14)12(17-11)18-15/h5,7-8H,2-4,6,15H2,1H3,(H2,16,17,18). The fourth-order valence-corrected chi connectivity index (χ4v) is 2.92. The van der Waals surface area contributed by atoms with E-state index in [1.54, 1.807) is 6.07 Å². The van der Waals surface area contributed by atoms with Crippen LogP contribution in [-0.4, -0.2) is 11.5 Å². The Morgan fingerprint density at radius 3 is 2.67 bits per heavy atom. The van der Waals surface area contributed by atoms with Gasteiger partial charge in [-0.25, -0.2) is 10.8 Å². The number of nitrogens with two attached hydrogens (primary N) is 1. The first kappa shape index (κ1) is 13.7. The fourth-order valence-electron chi connectivity index (χ4n) is 2.45. The number of halogens is 2. The van der Waals surface area contributed by atoms with Crippen LogP contribution in [0.25, 0.3) is 0 Å². The smallest absolute Gasteiger partial charge is 0.161 e. The van der Waals surface area contributed by atoms with Crippen LogP contribution in [-0.2, 0) is 0 Å². The van der Waals surface area contributed by atoms with Gasteiger partial charge in [-0.3, -0.25) is 0 Å². The lowest BCUT2D eigenvalue weighted by atomic mass is 9.98. The molecule has 0 spiro atoms. The molecule has 1 fully saturated rings. The molecule has 1 aromatic rings. The van der Waals surface area contributed by atoms with E-state index < -0.39 is 0 Å². The van der Waals surface area contributed by atoms with Crippen LogP contribution in [0.3, 0.4) is 0 Å². The van der Waals surface area contributed by atoms with Gasteiger partial charge in [0.1, 0.15) is 5.82 Å². The molecule has 1 aliphatic carbocycles. The molecule has 4 N–H and O–H groups in total. The van der Waals surface area contributed by atoms with E-state index >= 15 is 0 Å². The Hall–Kier alpha value is -0.710. The van der Waals surface area contributed by atoms with Crippen molar-refractivity contribution < 1.29 is 0 Å². The minimum atomic E-state index is 0.419. The molecule has 0 aliphatic heterocycles. The molecule has 0 bridgehead atoms. The molecule has 2 rings (SSSR count). The topological polar surface area (TPSA) is 63.0 Å². The van der Waals surface area contributed by atoms with Crippen LogP contribution in [0.1, 0.15) is 26.2 Å². The van der Waals surface area contributed by atoms with Gasteiger partial charge in [-0.05, 0) is 24.3 Å². The Morgan fingerprint density at radius 2 is 2.06 bits per heavy atom. The number of hydrogen-bond acceptors (Lipinski definition) is 4. The summed E-state index contributed by atoms with van der Waals surface area (Å²) in [5.74, 6) is 7.86. The van der Waals surface area contributed by atoms with Gasteiger partial charge in [-0.1, -0.05) is 43.0 Å². The van der Waals surface area contributed by atoms with Gasteiger partial charge in [0.25, 0.3) is 0 Å². The Balaban J connectivity index is 2.04. The van der Waals surface area contributed by atoms with Crippen LogP contribution in [0.15, 0.2) is 6.07 Å². The van der Waals surface area contributed by atoms with E-state index in [-0.39, 0.29) is 0 Å². The van der Waals surface area contributed by atoms with Gasteiger partial charge in [-0.2, -0.15) is 0 Å². The molecule has 0 aromatic carbocycles. The molecule has 1 saturated carbocycles. The SMILES string of the molecule is CC1CCCC1CNc1nc(NN)c(Cl)cc1Cl. The van der Waals surface area contributed by atoms with Gasteiger partial charge in [-0.15, -0.1) is 0 Å². The lowest BCUT2D eigenvalue weighted by molar-refractivity contribution is 0.439. The molecule has 1 aliphatic rings. The second-order valence-electron chi connectivity index (χ2n) is 4.84. The maximum Gasteiger partial charge on any atom is 0.161 e. The summed E-state index contributed by atoms with van der Waals surface area (Å²) in [5.41, 5.74) is 2.46. The van der Waals surface area contributed by atoms with Crippen molar-refractivity contribution in [1.82, 2.24) is 4.98 Å². The zero-order valence-electron chi connectivity index (χ0n) is 10.3. The number of aromatic nitrogens is 1. The van der Waals surface area contributed by atoms with Crippen molar-refractivity contribution >= 4 is 34.8 Å². The van der Waals surface area contributed by atoms with Crippen molar-refractivity contribution in [2.24, 2.45) is 17.7 Å². The third kappa shape index (κ3) is 2.99. The summed E-state index contributed by atoms with van der Waals surface area (Å²) in [6, 6.07) is 1.64. The monoisotopic (exact) mass is 288 g/mol. The maximum absolute atomic E-state index is 6.10. The van der Waals surface area contributed by atoms with Gasteiger partial charge in [0.05, 0.1) is 10.0 Å². The van der Waals surface area contributed by atoms with E-state index in [0.717, 1.165) is 12.5 Å². The Morgan fingerprint density at radius 1 is 1.33 bits per heavy atom. The highest BCUT2D eigenvalue weighted by Gasteiger charge is 2.23. The predicted molar refractivity (Wildman–Crippen MR) is 77.1 cm³/mol. The molecule has 0 radical (unpaired) electrons. The summed E-state index contributed by atoms with van der Waals surface area (Å²) >= 11 is 12.0. The maximum atomic E-state index is 6.10. The van der Waals surface area contributed by atoms with Gasteiger partial charge >= 0.3 is 0 Å². The average molecular weight is 289 g/mol. The van der Waals surface area contributed by atoms with Gasteiger partial charge in [0.15, 0.2) is 5.82 Å². The van der Waals surface area contributed by atoms with E-state index in [4.69, 9.17) is 29.0 Å². The highest BCUT2D eigenvalue weighted by molar-refractivity contribution is 6.37. The molecule has 1 aromatic heterocycles. The molecule has 1 heterocycles. The van der Waals surface area contributed by atoms with Crippen LogP contribution in [0, 0.1) is 11.8 Å². The normalized spacial score (nSPS) is 23.1. The Bertz CT molecular complexity index is 425. The minimum absolute atomic E-state index is 0.419. The summed E-state index contributed by atoms with van der Waals surface area (Å²) in [6.07, 6.45) is 3.88. The number of nitrogens with one attached hydrogen (secondary N) is 2. The zero-order valence-corrected chi connectivity index (χ0v) is 11.9. The number of nitrogen functional groups attached to an aromatic ring is 1. The molecular formula is C12H18Cl2N4. The van der Waals surface area contributed by atoms with Crippen LogP contribution in [0.5, 0.6) is 0 Å². The summed E-state index contributed by atoms with van der Waals surface area (Å²) < 4.78 is 0. The summed E-state index contributed by atoms with van der Waals surface area (Å²) in [4.78, 5) is 4.27. The number of pyridine rings is 1. The largest absolute Gasteiger partial charge is 0.368 e. The van der Waals surface area contributed by atoms with E-state index in [2.05, 4.69) is 22.7 Å². The molecule has 6 heteroatoms. The van der Waals surface area contributed by atoms with Crippen molar-refractivity contribution in [3.8, 4) is 0 Å². The minimum Gasteiger partial charge on any atom is -0.368 e. The molecule has 18 heavy (non-hydrogen) atoms. The summed E-state index contributed by atoms with van der Waals surface area (Å²) in [5, 5.41) is 4.23. The molecule has 0 saturated heterocycles. The van der Waals surface area contributed by atoms with Crippen molar-refractivity contribution in [3.63, 3.8) is 0 Å². The second kappa shape index (κ2) is 5.95. The van der Waals surface area contributed by atoms with E-state index in [1.165, 1.54) is 19.3 Å². The van der Waals surface area contributed by atoms with Crippen molar-refractivity contribution in [2.45, 2.75) is 26.2 Å². The van der Waals surface area contributed by atoms with Crippen molar-refractivity contribution in [3.05, 3.63) is 16.1 Å². The number of hydrogen-bond donors (Lipinski definition) is 3. The van der Waals surface area contributed by atoms with E-state index in [0.29, 0.717) is 27.6 Å². The lowest BCUT2D eigenvalue weighted by Crippen LogP contribution is -2.18. The van der Waals surface area contributed by atoms with Gasteiger partial charge in [0.2, 0.25) is 0 Å². The predicted octanol–water partition coefficient (Wildman–Crippen LogP) is 3.52. The van der Waals surface area contributed by atoms with E-state index in [1.807, 2.05) is 0 Å². The van der Waals surface area contributed by atoms with Crippen LogP contribution >= 0.6 is 23.2 Å². The second-order valence-corrected chi connectivity index (χ2v) is 5.66. The molecular weight excluding hydrogens is 271 g/mol. The fraction of sp³-hybridized carbons (Fsp3) is 0.583. The van der Waals surface area contributed by atoms with Crippen LogP contribution < -0.4 is 16.6 Å². The Kier molecular flexibility index (Phi) is 4.54. The first-order chi connectivity index (χ1) is 8.61. The first-order valence-electron chi connectivity index (χ1n) is 6.18. The quantitative estimate of drug-likeness (QED) is 0.586. The molecule has 2 unspecified atom stereocenters. The lowest BCUT2D eigenvalue weighted by Gasteiger charge is -2.17. The zero-order chi connectivity index (χ0) is 13.1. The Labute approximate surface area is 117 Å². The molecule has 2 atom stereocenters. The van der Waals surface area contributed by atoms with E-state index in [9.17, 15) is 0 Å². The third-order valence-electron chi connectivity index (χ3n) is 3.64. The van der Waals surface area contributed by atoms with Crippen LogP contribution in [0.2, 0.25) is 10.0 Å². The number of anilines is 2. The average Bonchev–Trinajstić information content (AvgIpc) is 2.74. The molecule has 0 amide bonds. The van der Waals surface area contributed by atoms with Crippen LogP contribution in [0.4, 0.5) is 11.6 Å². The molecule has 4 nitrogen and oxygen atoms in total. The van der Waals surface area contributed by atoms with Gasteiger partial charge < -0.3 is 10.7 Å². The number of nitrogens with zero attached hydrogens (tertiary/aromatic N) is 1. The first-order valence-corrected chi connectivity index (χ1v) is 6.94. The van der Waals surface area contributed by atoms with Gasteiger partial charge in [0, 0.05) is 6.54 Å². The number of rotatable bonds is 4. The molecule has 100 valence electrons. The van der Waals surface area contributed by atoms with Crippen molar-refractivity contribution in [1.29, 1.82) is 0 Å². The third-order valence-corrected chi connectivity index (χ3v) is 4.21. The number of hydrazine groups is 1. The highest BCUT2D eigenvalue weighted by atomic mass is 35.5. The van der Waals surface area contributed by atoms with Crippen molar-refractivity contribution in [2.75, 3.05) is 17.3 Å². The highest BCUT2D eigenvalue weighted by Crippen LogP contribution is 2.33.